The van der Waals surface area contributed by atoms with Crippen LogP contribution in [0.3, 0.4) is 0 Å². The van der Waals surface area contributed by atoms with Crippen LogP contribution in [0.5, 0.6) is 5.75 Å². The van der Waals surface area contributed by atoms with Crippen molar-refractivity contribution < 1.29 is 19.0 Å². The van der Waals surface area contributed by atoms with E-state index in [1.54, 1.807) is 19.0 Å². The minimum atomic E-state index is -0.0388. The molecule has 0 saturated carbocycles. The van der Waals surface area contributed by atoms with Crippen LogP contribution in [0.1, 0.15) is 30.9 Å². The summed E-state index contributed by atoms with van der Waals surface area (Å²) < 4.78 is 16.9. The molecule has 3 rings (SSSR count). The lowest BCUT2D eigenvalue weighted by Crippen LogP contribution is -2.42. The van der Waals surface area contributed by atoms with Crippen molar-refractivity contribution in [1.82, 2.24) is 15.5 Å². The Morgan fingerprint density at radius 2 is 2.10 bits per heavy atom. The zero-order valence-electron chi connectivity index (χ0n) is 17.8. The summed E-state index contributed by atoms with van der Waals surface area (Å²) in [5.74, 6) is 1.49. The van der Waals surface area contributed by atoms with Crippen molar-refractivity contribution in [1.29, 1.82) is 0 Å². The highest BCUT2D eigenvalue weighted by Gasteiger charge is 2.22. The molecule has 1 aromatic carbocycles. The Hall–Kier alpha value is -1.59. The largest absolute Gasteiger partial charge is 0.493 e. The van der Waals surface area contributed by atoms with Crippen molar-refractivity contribution in [2.75, 3.05) is 53.6 Å². The fourth-order valence-corrected chi connectivity index (χ4v) is 3.27. The first-order valence-corrected chi connectivity index (χ1v) is 10.3. The van der Waals surface area contributed by atoms with Gasteiger partial charge in [-0.3, -0.25) is 4.79 Å². The number of fused-ring (bicyclic) bond motifs is 1. The summed E-state index contributed by atoms with van der Waals surface area (Å²) in [6, 6.07) is 8.11. The van der Waals surface area contributed by atoms with E-state index in [2.05, 4.69) is 21.7 Å². The minimum Gasteiger partial charge on any atom is -0.493 e. The first kappa shape index (κ1) is 24.7. The molecule has 2 N–H and O–H groups in total. The number of guanidine groups is 1. The van der Waals surface area contributed by atoms with E-state index in [4.69, 9.17) is 14.2 Å². The van der Waals surface area contributed by atoms with Gasteiger partial charge in [0.15, 0.2) is 5.96 Å². The van der Waals surface area contributed by atoms with Gasteiger partial charge in [-0.05, 0) is 18.9 Å². The lowest BCUT2D eigenvalue weighted by molar-refractivity contribution is -0.127. The van der Waals surface area contributed by atoms with Gasteiger partial charge >= 0.3 is 0 Å². The van der Waals surface area contributed by atoms with Crippen LogP contribution in [-0.2, 0) is 14.3 Å². The number of para-hydroxylation sites is 1. The standard InChI is InChI=1S/C21H32N4O4.HI/c1-25(2)20(26)14-23-21(22-10-5-11-28-16-8-12-27-15-16)24-18-9-13-29-19-7-4-3-6-17(18)19;/h3-4,6-7,16,18H,5,8-15H2,1-2H3,(H2,22,23,24);1H. The summed E-state index contributed by atoms with van der Waals surface area (Å²) in [5, 5.41) is 6.80. The molecule has 30 heavy (non-hydrogen) atoms. The van der Waals surface area contributed by atoms with Gasteiger partial charge in [0.05, 0.1) is 25.4 Å². The number of aliphatic imine (C=N–C) groups is 1. The maximum absolute atomic E-state index is 12.0. The van der Waals surface area contributed by atoms with Gasteiger partial charge in [-0.2, -0.15) is 0 Å². The minimum absolute atomic E-state index is 0. The van der Waals surface area contributed by atoms with Crippen LogP contribution in [0.4, 0.5) is 0 Å². The fourth-order valence-electron chi connectivity index (χ4n) is 3.27. The zero-order chi connectivity index (χ0) is 20.5. The van der Waals surface area contributed by atoms with Crippen LogP contribution < -0.4 is 15.4 Å². The number of nitrogens with zero attached hydrogens (tertiary/aromatic N) is 2. The molecule has 2 atom stereocenters. The number of rotatable bonds is 8. The first-order chi connectivity index (χ1) is 14.1. The smallest absolute Gasteiger partial charge is 0.243 e. The molecule has 8 nitrogen and oxygen atoms in total. The van der Waals surface area contributed by atoms with Crippen molar-refractivity contribution in [2.45, 2.75) is 31.4 Å². The van der Waals surface area contributed by atoms with E-state index < -0.39 is 0 Å². The molecule has 0 bridgehead atoms. The van der Waals surface area contributed by atoms with E-state index in [-0.39, 0.29) is 48.6 Å². The number of nitrogens with one attached hydrogen (secondary N) is 2. The Labute approximate surface area is 195 Å². The first-order valence-electron chi connectivity index (χ1n) is 10.3. The number of halogens is 1. The van der Waals surface area contributed by atoms with Crippen LogP contribution in [-0.4, -0.2) is 76.5 Å². The number of amides is 1. The van der Waals surface area contributed by atoms with Crippen LogP contribution in [0.25, 0.3) is 0 Å². The molecule has 168 valence electrons. The van der Waals surface area contributed by atoms with Crippen molar-refractivity contribution in [3.63, 3.8) is 0 Å². The molecule has 9 heteroatoms. The van der Waals surface area contributed by atoms with Gasteiger partial charge in [-0.1, -0.05) is 18.2 Å². The average Bonchev–Trinajstić information content (AvgIpc) is 3.25. The Morgan fingerprint density at radius 3 is 2.87 bits per heavy atom. The molecule has 1 amide bonds. The van der Waals surface area contributed by atoms with Crippen molar-refractivity contribution >= 4 is 35.8 Å². The van der Waals surface area contributed by atoms with Crippen LogP contribution >= 0.6 is 24.0 Å². The van der Waals surface area contributed by atoms with E-state index in [0.29, 0.717) is 32.3 Å². The molecule has 2 heterocycles. The third kappa shape index (κ3) is 7.59. The second kappa shape index (κ2) is 13.0. The molecule has 1 fully saturated rings. The van der Waals surface area contributed by atoms with E-state index >= 15 is 0 Å². The predicted octanol–water partition coefficient (Wildman–Crippen LogP) is 1.95. The molecule has 0 aliphatic carbocycles. The summed E-state index contributed by atoms with van der Waals surface area (Å²) in [4.78, 5) is 18.0. The van der Waals surface area contributed by atoms with Gasteiger partial charge in [0.2, 0.25) is 5.91 Å². The van der Waals surface area contributed by atoms with Crippen LogP contribution in [0, 0.1) is 0 Å². The third-order valence-corrected chi connectivity index (χ3v) is 5.00. The number of hydrogen-bond donors (Lipinski definition) is 2. The quantitative estimate of drug-likeness (QED) is 0.231. The van der Waals surface area contributed by atoms with Gasteiger partial charge in [-0.25, -0.2) is 4.99 Å². The average molecular weight is 532 g/mol. The monoisotopic (exact) mass is 532 g/mol. The van der Waals surface area contributed by atoms with Crippen molar-refractivity contribution in [2.24, 2.45) is 4.99 Å². The number of hydrogen-bond acceptors (Lipinski definition) is 5. The lowest BCUT2D eigenvalue weighted by Gasteiger charge is -2.28. The highest BCUT2D eigenvalue weighted by atomic mass is 127. The topological polar surface area (TPSA) is 84.4 Å². The Balaban J connectivity index is 0.00000320. The highest BCUT2D eigenvalue weighted by Crippen LogP contribution is 2.31. The maximum atomic E-state index is 12.0. The molecular weight excluding hydrogens is 499 g/mol. The molecule has 0 aromatic heterocycles. The van der Waals surface area contributed by atoms with Crippen LogP contribution in [0.2, 0.25) is 0 Å². The van der Waals surface area contributed by atoms with Gasteiger partial charge in [0.25, 0.3) is 0 Å². The van der Waals surface area contributed by atoms with E-state index in [1.807, 2.05) is 18.2 Å². The van der Waals surface area contributed by atoms with Crippen LogP contribution in [0.15, 0.2) is 29.3 Å². The van der Waals surface area contributed by atoms with Gasteiger partial charge in [0, 0.05) is 45.8 Å². The molecule has 2 unspecified atom stereocenters. The summed E-state index contributed by atoms with van der Waals surface area (Å²) in [6.07, 6.45) is 2.88. The number of carbonyl (C=O) groups excluding carboxylic acids is 1. The third-order valence-electron chi connectivity index (χ3n) is 5.00. The van der Waals surface area contributed by atoms with Gasteiger partial charge in [-0.15, -0.1) is 24.0 Å². The predicted molar refractivity (Wildman–Crippen MR) is 127 cm³/mol. The van der Waals surface area contributed by atoms with E-state index in [9.17, 15) is 4.79 Å². The molecular formula is C21H33IN4O4. The number of carbonyl (C=O) groups is 1. The Kier molecular flexibility index (Phi) is 10.7. The normalized spacial score (nSPS) is 20.5. The molecule has 2 aliphatic rings. The molecule has 1 saturated heterocycles. The molecule has 0 radical (unpaired) electrons. The SMILES string of the molecule is CN(C)C(=O)CN=C(NCCCOC1CCOC1)NC1CCOc2ccccc21.I. The summed E-state index contributed by atoms with van der Waals surface area (Å²) in [6.45, 7) is 3.61. The summed E-state index contributed by atoms with van der Waals surface area (Å²) in [7, 11) is 3.47. The highest BCUT2D eigenvalue weighted by molar-refractivity contribution is 14.0. The Morgan fingerprint density at radius 1 is 1.27 bits per heavy atom. The summed E-state index contributed by atoms with van der Waals surface area (Å²) in [5.41, 5.74) is 1.11. The second-order valence-corrected chi connectivity index (χ2v) is 7.46. The molecule has 0 spiro atoms. The molecule has 1 aromatic rings. The van der Waals surface area contributed by atoms with E-state index in [1.165, 1.54) is 0 Å². The number of likely N-dealkylation sites (N-methyl/N-ethyl adjacent to an activating group) is 1. The number of ether oxygens (including phenoxy) is 3. The zero-order valence-corrected chi connectivity index (χ0v) is 20.1. The maximum Gasteiger partial charge on any atom is 0.243 e. The second-order valence-electron chi connectivity index (χ2n) is 7.46. The van der Waals surface area contributed by atoms with E-state index in [0.717, 1.165) is 37.2 Å². The van der Waals surface area contributed by atoms with Gasteiger partial charge in [0.1, 0.15) is 12.3 Å². The molecule has 2 aliphatic heterocycles. The lowest BCUT2D eigenvalue weighted by atomic mass is 10.0. The van der Waals surface area contributed by atoms with Crippen molar-refractivity contribution in [3.8, 4) is 5.75 Å². The fraction of sp³-hybridized carbons (Fsp3) is 0.619. The Bertz CT molecular complexity index is 695. The summed E-state index contributed by atoms with van der Waals surface area (Å²) >= 11 is 0. The number of benzene rings is 1. The van der Waals surface area contributed by atoms with Crippen molar-refractivity contribution in [3.05, 3.63) is 29.8 Å². The van der Waals surface area contributed by atoms with Gasteiger partial charge < -0.3 is 29.7 Å².